The minimum absolute atomic E-state index is 0.0604. The van der Waals surface area contributed by atoms with Crippen molar-refractivity contribution in [3.63, 3.8) is 0 Å². The highest BCUT2D eigenvalue weighted by atomic mass is 32.2. The van der Waals surface area contributed by atoms with Crippen LogP contribution in [0, 0.1) is 0 Å². The van der Waals surface area contributed by atoms with Crippen molar-refractivity contribution in [2.24, 2.45) is 0 Å². The summed E-state index contributed by atoms with van der Waals surface area (Å²) in [6.07, 6.45) is 1.58. The van der Waals surface area contributed by atoms with E-state index < -0.39 is 11.8 Å². The Labute approximate surface area is 254 Å². The fourth-order valence-electron chi connectivity index (χ4n) is 3.92. The van der Waals surface area contributed by atoms with Gasteiger partial charge in [-0.1, -0.05) is 30.3 Å². The van der Waals surface area contributed by atoms with E-state index in [-0.39, 0.29) is 17.4 Å². The molecule has 3 amide bonds. The molecule has 4 aromatic rings. The Kier molecular flexibility index (Phi) is 10.8. The number of anilines is 2. The zero-order chi connectivity index (χ0) is 30.6. The van der Waals surface area contributed by atoms with Crippen molar-refractivity contribution in [3.8, 4) is 17.2 Å². The molecule has 0 unspecified atom stereocenters. The van der Waals surface area contributed by atoms with E-state index in [1.165, 1.54) is 18.9 Å². The number of hydrogen-bond donors (Lipinski definition) is 3. The van der Waals surface area contributed by atoms with Gasteiger partial charge >= 0.3 is 0 Å². The van der Waals surface area contributed by atoms with Crippen molar-refractivity contribution in [1.29, 1.82) is 0 Å². The number of benzene rings is 4. The van der Waals surface area contributed by atoms with E-state index in [0.717, 1.165) is 4.90 Å². The molecule has 0 aliphatic carbocycles. The monoisotopic (exact) mass is 597 g/mol. The number of rotatable bonds is 12. The zero-order valence-electron chi connectivity index (χ0n) is 23.9. The van der Waals surface area contributed by atoms with Gasteiger partial charge in [0, 0.05) is 22.2 Å². The van der Waals surface area contributed by atoms with E-state index in [1.54, 1.807) is 111 Å². The Bertz CT molecular complexity index is 1610. The zero-order valence-corrected chi connectivity index (χ0v) is 24.7. The van der Waals surface area contributed by atoms with Gasteiger partial charge in [-0.05, 0) is 72.3 Å². The predicted molar refractivity (Wildman–Crippen MR) is 169 cm³/mol. The van der Waals surface area contributed by atoms with Crippen molar-refractivity contribution in [1.82, 2.24) is 5.32 Å². The highest BCUT2D eigenvalue weighted by Gasteiger charge is 2.16. The molecule has 43 heavy (non-hydrogen) atoms. The molecule has 0 atom stereocenters. The second-order valence-electron chi connectivity index (χ2n) is 9.04. The number of carbonyl (C=O) groups is 3. The molecule has 220 valence electrons. The summed E-state index contributed by atoms with van der Waals surface area (Å²) >= 11 is 1.34. The largest absolute Gasteiger partial charge is 0.497 e. The molecule has 0 aliphatic rings. The van der Waals surface area contributed by atoms with Crippen LogP contribution in [0.5, 0.6) is 17.2 Å². The second-order valence-corrected chi connectivity index (χ2v) is 10.1. The number of hydrogen-bond acceptors (Lipinski definition) is 7. The standard InChI is InChI=1S/C33H31N3O6S/c1-40-25-11-7-8-22(18-25)19-29(36-32(38)23-9-5-4-6-10-23)33(39)34-24-12-15-27(16-13-24)43-21-31(37)35-28-20-26(41-2)14-17-30(28)42-3/h4-20H,21H2,1-3H3,(H,34,39)(H,35,37)(H,36,38)/b29-19-. The van der Waals surface area contributed by atoms with Gasteiger partial charge in [0.05, 0.1) is 32.8 Å². The van der Waals surface area contributed by atoms with Crippen LogP contribution in [0.1, 0.15) is 15.9 Å². The Hall–Kier alpha value is -5.22. The molecule has 9 nitrogen and oxygen atoms in total. The van der Waals surface area contributed by atoms with Gasteiger partial charge in [-0.2, -0.15) is 0 Å². The van der Waals surface area contributed by atoms with Gasteiger partial charge in [0.1, 0.15) is 22.9 Å². The van der Waals surface area contributed by atoms with Crippen LogP contribution in [0.2, 0.25) is 0 Å². The van der Waals surface area contributed by atoms with Gasteiger partial charge in [-0.3, -0.25) is 14.4 Å². The van der Waals surface area contributed by atoms with Crippen molar-refractivity contribution in [3.05, 3.63) is 114 Å². The molecular formula is C33H31N3O6S. The maximum atomic E-state index is 13.3. The summed E-state index contributed by atoms with van der Waals surface area (Å²) in [6.45, 7) is 0. The molecule has 0 bridgehead atoms. The van der Waals surface area contributed by atoms with E-state index in [4.69, 9.17) is 14.2 Å². The number of ether oxygens (including phenoxy) is 3. The third-order valence-electron chi connectivity index (χ3n) is 6.10. The number of thioether (sulfide) groups is 1. The molecule has 0 fully saturated rings. The quantitative estimate of drug-likeness (QED) is 0.139. The lowest BCUT2D eigenvalue weighted by Crippen LogP contribution is -2.30. The van der Waals surface area contributed by atoms with Gasteiger partial charge < -0.3 is 30.2 Å². The Morgan fingerprint density at radius 3 is 2.16 bits per heavy atom. The number of methoxy groups -OCH3 is 3. The van der Waals surface area contributed by atoms with Crippen LogP contribution in [0.15, 0.2) is 108 Å². The highest BCUT2D eigenvalue weighted by Crippen LogP contribution is 2.29. The molecule has 4 rings (SSSR count). The normalized spacial score (nSPS) is 10.8. The molecular weight excluding hydrogens is 566 g/mol. The molecule has 10 heteroatoms. The van der Waals surface area contributed by atoms with Crippen LogP contribution < -0.4 is 30.2 Å². The van der Waals surface area contributed by atoms with Crippen LogP contribution >= 0.6 is 11.8 Å². The molecule has 4 aromatic carbocycles. The SMILES string of the molecule is COc1cccc(/C=C(\NC(=O)c2ccccc2)C(=O)Nc2ccc(SCC(=O)Nc3cc(OC)ccc3OC)cc2)c1. The first kappa shape index (κ1) is 30.7. The number of amides is 3. The van der Waals surface area contributed by atoms with E-state index in [2.05, 4.69) is 16.0 Å². The Morgan fingerprint density at radius 2 is 1.47 bits per heavy atom. The summed E-state index contributed by atoms with van der Waals surface area (Å²) in [7, 11) is 4.63. The van der Waals surface area contributed by atoms with Crippen LogP contribution in [0.3, 0.4) is 0 Å². The Morgan fingerprint density at radius 1 is 0.744 bits per heavy atom. The predicted octanol–water partition coefficient (Wildman–Crippen LogP) is 5.85. The third-order valence-corrected chi connectivity index (χ3v) is 7.11. The molecule has 0 aromatic heterocycles. The maximum absolute atomic E-state index is 13.3. The fourth-order valence-corrected chi connectivity index (χ4v) is 4.62. The summed E-state index contributed by atoms with van der Waals surface area (Å²) in [5, 5.41) is 8.39. The van der Waals surface area contributed by atoms with E-state index in [0.29, 0.717) is 39.8 Å². The van der Waals surface area contributed by atoms with Crippen LogP contribution in [0.25, 0.3) is 6.08 Å². The summed E-state index contributed by atoms with van der Waals surface area (Å²) in [5.41, 5.74) is 2.19. The van der Waals surface area contributed by atoms with Crippen molar-refractivity contribution in [2.45, 2.75) is 4.90 Å². The number of carbonyl (C=O) groups excluding carboxylic acids is 3. The minimum atomic E-state index is -0.501. The summed E-state index contributed by atoms with van der Waals surface area (Å²) < 4.78 is 15.8. The van der Waals surface area contributed by atoms with E-state index >= 15 is 0 Å². The third kappa shape index (κ3) is 8.88. The fraction of sp³-hybridized carbons (Fsp3) is 0.121. The van der Waals surface area contributed by atoms with Crippen molar-refractivity contribution >= 4 is 46.9 Å². The Balaban J connectivity index is 1.41. The minimum Gasteiger partial charge on any atom is -0.497 e. The molecule has 3 N–H and O–H groups in total. The van der Waals surface area contributed by atoms with Crippen LogP contribution in [-0.2, 0) is 9.59 Å². The summed E-state index contributed by atoms with van der Waals surface area (Å²) in [6, 6.07) is 28.0. The smallest absolute Gasteiger partial charge is 0.272 e. The number of nitrogens with one attached hydrogen (secondary N) is 3. The lowest BCUT2D eigenvalue weighted by molar-refractivity contribution is -0.114. The van der Waals surface area contributed by atoms with Crippen molar-refractivity contribution in [2.75, 3.05) is 37.7 Å². The molecule has 0 radical (unpaired) electrons. The topological polar surface area (TPSA) is 115 Å². The van der Waals surface area contributed by atoms with Gasteiger partial charge in [0.25, 0.3) is 11.8 Å². The van der Waals surface area contributed by atoms with Crippen LogP contribution in [-0.4, -0.2) is 44.8 Å². The van der Waals surface area contributed by atoms with Crippen LogP contribution in [0.4, 0.5) is 11.4 Å². The first-order chi connectivity index (χ1) is 20.9. The van der Waals surface area contributed by atoms with E-state index in [9.17, 15) is 14.4 Å². The van der Waals surface area contributed by atoms with Gasteiger partial charge in [-0.15, -0.1) is 11.8 Å². The van der Waals surface area contributed by atoms with E-state index in [1.807, 2.05) is 6.07 Å². The van der Waals surface area contributed by atoms with Gasteiger partial charge in [-0.25, -0.2) is 0 Å². The summed E-state index contributed by atoms with van der Waals surface area (Å²) in [4.78, 5) is 39.6. The molecule has 0 aliphatic heterocycles. The molecule has 0 saturated heterocycles. The van der Waals surface area contributed by atoms with Gasteiger partial charge in [0.15, 0.2) is 0 Å². The molecule has 0 spiro atoms. The molecule has 0 saturated carbocycles. The maximum Gasteiger partial charge on any atom is 0.272 e. The average Bonchev–Trinajstić information content (AvgIpc) is 3.04. The van der Waals surface area contributed by atoms with Crippen molar-refractivity contribution < 1.29 is 28.6 Å². The average molecular weight is 598 g/mol. The molecule has 0 heterocycles. The lowest BCUT2D eigenvalue weighted by Gasteiger charge is -2.13. The lowest BCUT2D eigenvalue weighted by atomic mass is 10.1. The summed E-state index contributed by atoms with van der Waals surface area (Å²) in [5.74, 6) is 0.773. The second kappa shape index (κ2) is 15.1. The first-order valence-corrected chi connectivity index (χ1v) is 14.2. The first-order valence-electron chi connectivity index (χ1n) is 13.2. The highest BCUT2D eigenvalue weighted by molar-refractivity contribution is 8.00. The van der Waals surface area contributed by atoms with Gasteiger partial charge in [0.2, 0.25) is 5.91 Å².